The highest BCUT2D eigenvalue weighted by molar-refractivity contribution is 6.06. The minimum absolute atomic E-state index is 0.135. The van der Waals surface area contributed by atoms with E-state index in [2.05, 4.69) is 5.32 Å². The normalized spacial score (nSPS) is 10.4. The molecule has 0 aliphatic carbocycles. The molecule has 0 aliphatic rings. The number of carbonyl (C=O) groups is 1. The first-order valence-corrected chi connectivity index (χ1v) is 8.26. The fourth-order valence-corrected chi connectivity index (χ4v) is 2.67. The van der Waals surface area contributed by atoms with Crippen molar-refractivity contribution in [2.24, 2.45) is 0 Å². The summed E-state index contributed by atoms with van der Waals surface area (Å²) in [7, 11) is 0. The maximum atomic E-state index is 12.7. The first-order valence-electron chi connectivity index (χ1n) is 8.26. The summed E-state index contributed by atoms with van der Waals surface area (Å²) in [5, 5.41) is 2.97. The van der Waals surface area contributed by atoms with Crippen LogP contribution in [0.15, 0.2) is 66.7 Å². The molecule has 3 aromatic rings. The monoisotopic (exact) mass is 331 g/mol. The number of nitrogens with one attached hydrogen (secondary N) is 1. The third-order valence-electron chi connectivity index (χ3n) is 4.19. The number of rotatable bonds is 4. The fraction of sp³-hybridized carbons (Fsp3) is 0.136. The Morgan fingerprint density at radius 3 is 2.20 bits per heavy atom. The number of anilines is 1. The summed E-state index contributed by atoms with van der Waals surface area (Å²) >= 11 is 0. The van der Waals surface area contributed by atoms with Crippen LogP contribution in [0, 0.1) is 20.8 Å². The highest BCUT2D eigenvalue weighted by Crippen LogP contribution is 2.29. The van der Waals surface area contributed by atoms with Crippen molar-refractivity contribution < 1.29 is 9.53 Å². The highest BCUT2D eigenvalue weighted by Gasteiger charge is 2.13. The summed E-state index contributed by atoms with van der Waals surface area (Å²) in [6.07, 6.45) is 0. The van der Waals surface area contributed by atoms with Gasteiger partial charge in [0.25, 0.3) is 5.91 Å². The molecule has 0 bridgehead atoms. The van der Waals surface area contributed by atoms with E-state index >= 15 is 0 Å². The van der Waals surface area contributed by atoms with Gasteiger partial charge in [0.2, 0.25) is 0 Å². The van der Waals surface area contributed by atoms with E-state index in [1.54, 1.807) is 0 Å². The third-order valence-corrected chi connectivity index (χ3v) is 4.19. The van der Waals surface area contributed by atoms with Gasteiger partial charge in [-0.3, -0.25) is 4.79 Å². The molecule has 0 saturated carbocycles. The van der Waals surface area contributed by atoms with Crippen LogP contribution >= 0.6 is 0 Å². The molecular formula is C22H21NO2. The van der Waals surface area contributed by atoms with Crippen molar-refractivity contribution in [1.29, 1.82) is 0 Å². The Kier molecular flexibility index (Phi) is 4.85. The SMILES string of the molecule is Cc1cc(C)c(C(=O)Nc2ccccc2Oc2ccccc2)cc1C. The number of ether oxygens (including phenoxy) is 1. The number of amides is 1. The van der Waals surface area contributed by atoms with Crippen LogP contribution in [0.2, 0.25) is 0 Å². The van der Waals surface area contributed by atoms with Crippen LogP contribution < -0.4 is 10.1 Å². The van der Waals surface area contributed by atoms with Crippen molar-refractivity contribution in [2.45, 2.75) is 20.8 Å². The highest BCUT2D eigenvalue weighted by atomic mass is 16.5. The van der Waals surface area contributed by atoms with Crippen molar-refractivity contribution in [1.82, 2.24) is 0 Å². The van der Waals surface area contributed by atoms with Crippen LogP contribution in [0.25, 0.3) is 0 Å². The van der Waals surface area contributed by atoms with Gasteiger partial charge in [0.1, 0.15) is 5.75 Å². The summed E-state index contributed by atoms with van der Waals surface area (Å²) in [5.74, 6) is 1.21. The zero-order chi connectivity index (χ0) is 17.8. The molecule has 3 rings (SSSR count). The van der Waals surface area contributed by atoms with E-state index in [1.807, 2.05) is 87.5 Å². The van der Waals surface area contributed by atoms with Gasteiger partial charge >= 0.3 is 0 Å². The summed E-state index contributed by atoms with van der Waals surface area (Å²) in [6, 6.07) is 20.9. The molecule has 3 aromatic carbocycles. The minimum Gasteiger partial charge on any atom is -0.455 e. The van der Waals surface area contributed by atoms with Gasteiger partial charge in [0, 0.05) is 5.56 Å². The van der Waals surface area contributed by atoms with E-state index in [0.29, 0.717) is 17.0 Å². The van der Waals surface area contributed by atoms with Gasteiger partial charge in [-0.15, -0.1) is 0 Å². The number of hydrogen-bond donors (Lipinski definition) is 1. The van der Waals surface area contributed by atoms with E-state index in [-0.39, 0.29) is 5.91 Å². The largest absolute Gasteiger partial charge is 0.455 e. The average molecular weight is 331 g/mol. The van der Waals surface area contributed by atoms with Crippen LogP contribution in [0.3, 0.4) is 0 Å². The fourth-order valence-electron chi connectivity index (χ4n) is 2.67. The Morgan fingerprint density at radius 2 is 1.44 bits per heavy atom. The van der Waals surface area contributed by atoms with Gasteiger partial charge in [-0.2, -0.15) is 0 Å². The quantitative estimate of drug-likeness (QED) is 0.670. The molecule has 25 heavy (non-hydrogen) atoms. The molecule has 0 unspecified atom stereocenters. The Labute approximate surface area is 148 Å². The lowest BCUT2D eigenvalue weighted by atomic mass is 10.0. The van der Waals surface area contributed by atoms with E-state index < -0.39 is 0 Å². The molecule has 0 saturated heterocycles. The Morgan fingerprint density at radius 1 is 0.800 bits per heavy atom. The average Bonchev–Trinajstić information content (AvgIpc) is 2.60. The Hall–Kier alpha value is -3.07. The molecule has 3 nitrogen and oxygen atoms in total. The molecule has 0 fully saturated rings. The van der Waals surface area contributed by atoms with E-state index in [1.165, 1.54) is 5.56 Å². The molecule has 1 N–H and O–H groups in total. The van der Waals surface area contributed by atoms with E-state index in [9.17, 15) is 4.79 Å². The molecule has 126 valence electrons. The van der Waals surface area contributed by atoms with Gasteiger partial charge < -0.3 is 10.1 Å². The third kappa shape index (κ3) is 3.89. The second-order valence-electron chi connectivity index (χ2n) is 6.12. The van der Waals surface area contributed by atoms with Gasteiger partial charge in [-0.1, -0.05) is 36.4 Å². The van der Waals surface area contributed by atoms with Gasteiger partial charge in [0.05, 0.1) is 5.69 Å². The second kappa shape index (κ2) is 7.22. The Bertz CT molecular complexity index is 901. The maximum absolute atomic E-state index is 12.7. The number of carbonyl (C=O) groups excluding carboxylic acids is 1. The molecule has 0 aliphatic heterocycles. The topological polar surface area (TPSA) is 38.3 Å². The van der Waals surface area contributed by atoms with Crippen LogP contribution in [0.4, 0.5) is 5.69 Å². The van der Waals surface area contributed by atoms with Gasteiger partial charge in [-0.05, 0) is 67.8 Å². The van der Waals surface area contributed by atoms with Crippen LogP contribution in [0.1, 0.15) is 27.0 Å². The minimum atomic E-state index is -0.135. The van der Waals surface area contributed by atoms with Gasteiger partial charge in [-0.25, -0.2) is 0 Å². The summed E-state index contributed by atoms with van der Waals surface area (Å²) < 4.78 is 5.90. The standard InChI is InChI=1S/C22H21NO2/c1-15-13-17(3)19(14-16(15)2)22(24)23-20-11-7-8-12-21(20)25-18-9-5-4-6-10-18/h4-14H,1-3H3,(H,23,24). The molecular weight excluding hydrogens is 310 g/mol. The molecule has 0 radical (unpaired) electrons. The van der Waals surface area contributed by atoms with Crippen molar-refractivity contribution in [3.8, 4) is 11.5 Å². The smallest absolute Gasteiger partial charge is 0.256 e. The summed E-state index contributed by atoms with van der Waals surface area (Å²) in [5.41, 5.74) is 4.57. The molecule has 0 atom stereocenters. The number of hydrogen-bond acceptors (Lipinski definition) is 2. The first kappa shape index (κ1) is 16.8. The van der Waals surface area contributed by atoms with Crippen molar-refractivity contribution >= 4 is 11.6 Å². The lowest BCUT2D eigenvalue weighted by Gasteiger charge is -2.14. The van der Waals surface area contributed by atoms with Crippen LogP contribution in [-0.4, -0.2) is 5.91 Å². The molecule has 1 amide bonds. The first-order chi connectivity index (χ1) is 12.0. The second-order valence-corrected chi connectivity index (χ2v) is 6.12. The predicted octanol–water partition coefficient (Wildman–Crippen LogP) is 5.66. The summed E-state index contributed by atoms with van der Waals surface area (Å²) in [6.45, 7) is 6.01. The number of para-hydroxylation sites is 3. The zero-order valence-corrected chi connectivity index (χ0v) is 14.7. The molecule has 0 heterocycles. The van der Waals surface area contributed by atoms with Crippen LogP contribution in [0.5, 0.6) is 11.5 Å². The lowest BCUT2D eigenvalue weighted by molar-refractivity contribution is 0.102. The molecule has 3 heteroatoms. The molecule has 0 aromatic heterocycles. The Balaban J connectivity index is 1.86. The van der Waals surface area contributed by atoms with E-state index in [0.717, 1.165) is 16.9 Å². The maximum Gasteiger partial charge on any atom is 0.256 e. The van der Waals surface area contributed by atoms with Crippen molar-refractivity contribution in [2.75, 3.05) is 5.32 Å². The van der Waals surface area contributed by atoms with Crippen molar-refractivity contribution in [3.05, 3.63) is 89.0 Å². The lowest BCUT2D eigenvalue weighted by Crippen LogP contribution is -2.14. The molecule has 0 spiro atoms. The van der Waals surface area contributed by atoms with E-state index in [4.69, 9.17) is 4.74 Å². The number of aryl methyl sites for hydroxylation is 3. The zero-order valence-electron chi connectivity index (χ0n) is 14.7. The summed E-state index contributed by atoms with van der Waals surface area (Å²) in [4.78, 5) is 12.7. The van der Waals surface area contributed by atoms with Crippen molar-refractivity contribution in [3.63, 3.8) is 0 Å². The predicted molar refractivity (Wildman–Crippen MR) is 102 cm³/mol. The van der Waals surface area contributed by atoms with Crippen LogP contribution in [-0.2, 0) is 0 Å². The van der Waals surface area contributed by atoms with Gasteiger partial charge in [0.15, 0.2) is 5.75 Å². The number of benzene rings is 3.